The van der Waals surface area contributed by atoms with Gasteiger partial charge in [0, 0.05) is 24.4 Å². The summed E-state index contributed by atoms with van der Waals surface area (Å²) < 4.78 is 29.2. The third-order valence-electron chi connectivity index (χ3n) is 4.02. The summed E-state index contributed by atoms with van der Waals surface area (Å²) in [6.45, 7) is 11.3. The minimum atomic E-state index is -2.99. The molecule has 1 aromatic carbocycles. The minimum absolute atomic E-state index is 0. The first-order valence-electron chi connectivity index (χ1n) is 9.30. The molecule has 2 N–H and O–H groups in total. The molecule has 156 valence electrons. The number of nitrogens with zero attached hydrogens (tertiary/aromatic N) is 1. The lowest BCUT2D eigenvalue weighted by Gasteiger charge is -2.17. The highest BCUT2D eigenvalue weighted by Gasteiger charge is 2.09. The average molecular weight is 511 g/mol. The lowest BCUT2D eigenvalue weighted by Crippen LogP contribution is -2.39. The summed E-state index contributed by atoms with van der Waals surface area (Å²) in [7, 11) is -2.99. The van der Waals surface area contributed by atoms with E-state index >= 15 is 0 Å². The largest absolute Gasteiger partial charge is 0.490 e. The SMILES string of the molecule is CCNC(=NCc1ccc(C)cc1OC(C)CC)NCCS(=O)(=O)CC.I. The van der Waals surface area contributed by atoms with Gasteiger partial charge in [0.1, 0.15) is 5.75 Å². The van der Waals surface area contributed by atoms with Crippen molar-refractivity contribution in [2.75, 3.05) is 24.6 Å². The number of hydrogen-bond acceptors (Lipinski definition) is 4. The van der Waals surface area contributed by atoms with Crippen LogP contribution in [0.1, 0.15) is 45.2 Å². The predicted molar refractivity (Wildman–Crippen MR) is 124 cm³/mol. The molecule has 1 unspecified atom stereocenters. The van der Waals surface area contributed by atoms with Gasteiger partial charge in [0.25, 0.3) is 0 Å². The van der Waals surface area contributed by atoms with Crippen LogP contribution < -0.4 is 15.4 Å². The van der Waals surface area contributed by atoms with Crippen LogP contribution in [0.3, 0.4) is 0 Å². The molecule has 0 bridgehead atoms. The smallest absolute Gasteiger partial charge is 0.191 e. The molecule has 6 nitrogen and oxygen atoms in total. The van der Waals surface area contributed by atoms with Crippen molar-refractivity contribution < 1.29 is 13.2 Å². The number of nitrogens with one attached hydrogen (secondary N) is 2. The Labute approximate surface area is 181 Å². The van der Waals surface area contributed by atoms with Gasteiger partial charge in [-0.25, -0.2) is 13.4 Å². The Bertz CT molecular complexity index is 693. The summed E-state index contributed by atoms with van der Waals surface area (Å²) in [5.74, 6) is 1.71. The van der Waals surface area contributed by atoms with Gasteiger partial charge in [-0.2, -0.15) is 0 Å². The Balaban J connectivity index is 0.00000676. The zero-order valence-electron chi connectivity index (χ0n) is 17.0. The Morgan fingerprint density at radius 3 is 2.52 bits per heavy atom. The van der Waals surface area contributed by atoms with Crippen LogP contribution in [0.25, 0.3) is 0 Å². The second-order valence-corrected chi connectivity index (χ2v) is 8.78. The van der Waals surface area contributed by atoms with E-state index in [4.69, 9.17) is 4.74 Å². The van der Waals surface area contributed by atoms with Gasteiger partial charge < -0.3 is 15.4 Å². The molecule has 0 radical (unpaired) electrons. The standard InChI is InChI=1S/C19H33N3O3S.HI/c1-6-16(5)25-18-13-15(4)9-10-17(18)14-22-19(20-7-2)21-11-12-26(23,24)8-3;/h9-10,13,16H,6-8,11-12,14H2,1-5H3,(H2,20,21,22);1H. The van der Waals surface area contributed by atoms with E-state index in [1.807, 2.05) is 32.0 Å². The zero-order chi connectivity index (χ0) is 19.6. The lowest BCUT2D eigenvalue weighted by atomic mass is 10.1. The number of sulfone groups is 1. The van der Waals surface area contributed by atoms with Crippen LogP contribution in [-0.4, -0.2) is 45.1 Å². The van der Waals surface area contributed by atoms with Crippen molar-refractivity contribution in [3.05, 3.63) is 29.3 Å². The highest BCUT2D eigenvalue weighted by atomic mass is 127. The van der Waals surface area contributed by atoms with Crippen molar-refractivity contribution in [3.63, 3.8) is 0 Å². The summed E-state index contributed by atoms with van der Waals surface area (Å²) in [5.41, 5.74) is 2.15. The zero-order valence-corrected chi connectivity index (χ0v) is 20.2. The minimum Gasteiger partial charge on any atom is -0.490 e. The Hall–Kier alpha value is -1.03. The van der Waals surface area contributed by atoms with Crippen LogP contribution in [0.15, 0.2) is 23.2 Å². The van der Waals surface area contributed by atoms with Crippen molar-refractivity contribution in [1.82, 2.24) is 10.6 Å². The van der Waals surface area contributed by atoms with Gasteiger partial charge in [0.15, 0.2) is 15.8 Å². The first-order chi connectivity index (χ1) is 12.3. The number of benzene rings is 1. The molecule has 27 heavy (non-hydrogen) atoms. The maximum atomic E-state index is 11.6. The predicted octanol–water partition coefficient (Wildman–Crippen LogP) is 3.28. The molecule has 0 spiro atoms. The van der Waals surface area contributed by atoms with E-state index in [-0.39, 0.29) is 41.6 Å². The molecule has 0 heterocycles. The van der Waals surface area contributed by atoms with Crippen molar-refractivity contribution in [1.29, 1.82) is 0 Å². The summed E-state index contributed by atoms with van der Waals surface area (Å²) in [4.78, 5) is 4.57. The summed E-state index contributed by atoms with van der Waals surface area (Å²) in [5, 5.41) is 6.23. The van der Waals surface area contributed by atoms with E-state index < -0.39 is 9.84 Å². The lowest BCUT2D eigenvalue weighted by molar-refractivity contribution is 0.215. The highest BCUT2D eigenvalue weighted by molar-refractivity contribution is 14.0. The number of aryl methyl sites for hydroxylation is 1. The molecule has 0 aliphatic carbocycles. The topological polar surface area (TPSA) is 79.8 Å². The third-order valence-corrected chi connectivity index (χ3v) is 5.73. The average Bonchev–Trinajstić information content (AvgIpc) is 2.60. The number of guanidine groups is 1. The number of halogens is 1. The van der Waals surface area contributed by atoms with Crippen molar-refractivity contribution in [2.24, 2.45) is 4.99 Å². The van der Waals surface area contributed by atoms with E-state index in [1.165, 1.54) is 0 Å². The second-order valence-electron chi connectivity index (χ2n) is 6.31. The number of ether oxygens (including phenoxy) is 1. The van der Waals surface area contributed by atoms with Crippen LogP contribution in [-0.2, 0) is 16.4 Å². The maximum Gasteiger partial charge on any atom is 0.191 e. The molecule has 0 aliphatic rings. The maximum absolute atomic E-state index is 11.6. The molecule has 8 heteroatoms. The van der Waals surface area contributed by atoms with Gasteiger partial charge in [0.2, 0.25) is 0 Å². The number of hydrogen-bond donors (Lipinski definition) is 2. The molecule has 0 aromatic heterocycles. The van der Waals surface area contributed by atoms with Gasteiger partial charge in [-0.15, -0.1) is 24.0 Å². The molecule has 1 rings (SSSR count). The quantitative estimate of drug-likeness (QED) is 0.287. The normalized spacial score (nSPS) is 12.9. The summed E-state index contributed by atoms with van der Waals surface area (Å²) in [6.07, 6.45) is 1.08. The van der Waals surface area contributed by atoms with Crippen molar-refractivity contribution in [3.8, 4) is 5.75 Å². The van der Waals surface area contributed by atoms with Crippen LogP contribution in [0, 0.1) is 6.92 Å². The van der Waals surface area contributed by atoms with Gasteiger partial charge >= 0.3 is 0 Å². The Kier molecular flexibility index (Phi) is 12.7. The highest BCUT2D eigenvalue weighted by Crippen LogP contribution is 2.23. The van der Waals surface area contributed by atoms with Gasteiger partial charge in [-0.1, -0.05) is 26.0 Å². The fourth-order valence-electron chi connectivity index (χ4n) is 2.18. The van der Waals surface area contributed by atoms with Crippen LogP contribution >= 0.6 is 24.0 Å². The molecule has 1 atom stereocenters. The fourth-order valence-corrected chi connectivity index (χ4v) is 2.88. The third kappa shape index (κ3) is 10.2. The van der Waals surface area contributed by atoms with Crippen molar-refractivity contribution in [2.45, 2.75) is 53.7 Å². The second kappa shape index (κ2) is 13.2. The van der Waals surface area contributed by atoms with E-state index in [2.05, 4.69) is 29.5 Å². The van der Waals surface area contributed by atoms with E-state index in [9.17, 15) is 8.42 Å². The molecular weight excluding hydrogens is 477 g/mol. The van der Waals surface area contributed by atoms with Crippen molar-refractivity contribution >= 4 is 39.8 Å². The first kappa shape index (κ1) is 26.0. The molecule has 1 aromatic rings. The first-order valence-corrected chi connectivity index (χ1v) is 11.1. The van der Waals surface area contributed by atoms with E-state index in [0.717, 1.165) is 23.3 Å². The summed E-state index contributed by atoms with van der Waals surface area (Å²) in [6, 6.07) is 6.11. The molecule has 0 fully saturated rings. The monoisotopic (exact) mass is 511 g/mol. The molecule has 0 aliphatic heterocycles. The van der Waals surface area contributed by atoms with Crippen LogP contribution in [0.2, 0.25) is 0 Å². The van der Waals surface area contributed by atoms with E-state index in [1.54, 1.807) is 6.92 Å². The molecule has 0 amide bonds. The molecule has 0 saturated heterocycles. The summed E-state index contributed by atoms with van der Waals surface area (Å²) >= 11 is 0. The number of aliphatic imine (C=N–C) groups is 1. The van der Waals surface area contributed by atoms with Gasteiger partial charge in [-0.05, 0) is 38.8 Å². The Morgan fingerprint density at radius 2 is 1.93 bits per heavy atom. The number of rotatable bonds is 10. The van der Waals surface area contributed by atoms with Gasteiger partial charge in [-0.3, -0.25) is 0 Å². The van der Waals surface area contributed by atoms with E-state index in [0.29, 0.717) is 25.6 Å². The van der Waals surface area contributed by atoms with Crippen LogP contribution in [0.5, 0.6) is 5.75 Å². The van der Waals surface area contributed by atoms with Gasteiger partial charge in [0.05, 0.1) is 18.4 Å². The fraction of sp³-hybridized carbons (Fsp3) is 0.632. The molecular formula is C19H34IN3O3S. The molecule has 0 saturated carbocycles. The van der Waals surface area contributed by atoms with Crippen LogP contribution in [0.4, 0.5) is 0 Å². The Morgan fingerprint density at radius 1 is 1.22 bits per heavy atom.